The first kappa shape index (κ1) is 14.5. The number of carbonyl (C=O) groups excluding carboxylic acids is 1. The van der Waals surface area contributed by atoms with Crippen molar-refractivity contribution in [1.82, 2.24) is 20.8 Å². The van der Waals surface area contributed by atoms with Crippen LogP contribution in [-0.4, -0.2) is 35.7 Å². The zero-order valence-corrected chi connectivity index (χ0v) is 11.0. The molecule has 0 unspecified atom stereocenters. The average molecular weight is 269 g/mol. The number of aromatic nitrogens is 2. The van der Waals surface area contributed by atoms with Crippen LogP contribution in [0.3, 0.4) is 0 Å². The normalized spacial score (nSPS) is 10.1. The molecule has 1 aromatic carbocycles. The van der Waals surface area contributed by atoms with Gasteiger partial charge in [0.2, 0.25) is 0 Å². The molecule has 0 atom stereocenters. The van der Waals surface area contributed by atoms with Crippen molar-refractivity contribution in [2.75, 3.05) is 19.6 Å². The van der Waals surface area contributed by atoms with Crippen LogP contribution in [0.4, 0.5) is 0 Å². The Morgan fingerprint density at radius 1 is 1.33 bits per heavy atom. The molecule has 98 valence electrons. The van der Waals surface area contributed by atoms with Crippen molar-refractivity contribution in [3.63, 3.8) is 0 Å². The SMILES string of the molecule is CCNCCNC(=O)c1n[nH]c2ccccc12.Cl. The lowest BCUT2D eigenvalue weighted by Gasteiger charge is -2.03. The number of benzene rings is 1. The molecular weight excluding hydrogens is 252 g/mol. The Bertz CT molecular complexity index is 512. The van der Waals surface area contributed by atoms with Gasteiger partial charge in [0.25, 0.3) is 5.91 Å². The quantitative estimate of drug-likeness (QED) is 0.717. The molecular formula is C12H17ClN4O. The summed E-state index contributed by atoms with van der Waals surface area (Å²) in [5.41, 5.74) is 1.33. The van der Waals surface area contributed by atoms with E-state index in [9.17, 15) is 4.79 Å². The van der Waals surface area contributed by atoms with Gasteiger partial charge in [0.05, 0.1) is 5.52 Å². The molecule has 0 saturated carbocycles. The van der Waals surface area contributed by atoms with Crippen LogP contribution in [0.2, 0.25) is 0 Å². The lowest BCUT2D eigenvalue weighted by Crippen LogP contribution is -2.32. The number of H-pyrrole nitrogens is 1. The molecule has 3 N–H and O–H groups in total. The largest absolute Gasteiger partial charge is 0.349 e. The summed E-state index contributed by atoms with van der Waals surface area (Å²) in [5.74, 6) is -0.139. The number of hydrogen-bond acceptors (Lipinski definition) is 3. The van der Waals surface area contributed by atoms with Crippen molar-refractivity contribution in [2.45, 2.75) is 6.92 Å². The number of nitrogens with zero attached hydrogens (tertiary/aromatic N) is 1. The van der Waals surface area contributed by atoms with E-state index >= 15 is 0 Å². The Kier molecular flexibility index (Phi) is 5.61. The molecule has 0 fully saturated rings. The molecule has 0 aliphatic carbocycles. The van der Waals surface area contributed by atoms with E-state index in [4.69, 9.17) is 0 Å². The van der Waals surface area contributed by atoms with Crippen LogP contribution < -0.4 is 10.6 Å². The highest BCUT2D eigenvalue weighted by Gasteiger charge is 2.12. The van der Waals surface area contributed by atoms with Crippen molar-refractivity contribution >= 4 is 29.2 Å². The number of nitrogens with one attached hydrogen (secondary N) is 3. The second-order valence-electron chi connectivity index (χ2n) is 3.73. The Hall–Kier alpha value is -1.59. The number of rotatable bonds is 5. The van der Waals surface area contributed by atoms with Gasteiger partial charge in [-0.1, -0.05) is 25.1 Å². The number of amides is 1. The van der Waals surface area contributed by atoms with Crippen LogP contribution in [0.25, 0.3) is 10.9 Å². The summed E-state index contributed by atoms with van der Waals surface area (Å²) in [6.45, 7) is 4.31. The van der Waals surface area contributed by atoms with Crippen LogP contribution >= 0.6 is 12.4 Å². The third kappa shape index (κ3) is 3.21. The number of likely N-dealkylation sites (N-methyl/N-ethyl adjacent to an activating group) is 1. The van der Waals surface area contributed by atoms with E-state index in [1.54, 1.807) is 0 Å². The van der Waals surface area contributed by atoms with Crippen molar-refractivity contribution in [3.8, 4) is 0 Å². The van der Waals surface area contributed by atoms with Crippen LogP contribution in [0.1, 0.15) is 17.4 Å². The maximum Gasteiger partial charge on any atom is 0.272 e. The minimum absolute atomic E-state index is 0. The zero-order valence-electron chi connectivity index (χ0n) is 10.2. The first-order chi connectivity index (χ1) is 8.33. The van der Waals surface area contributed by atoms with Gasteiger partial charge in [-0.05, 0) is 12.6 Å². The Morgan fingerprint density at radius 2 is 2.11 bits per heavy atom. The van der Waals surface area contributed by atoms with Crippen LogP contribution in [0, 0.1) is 0 Å². The fourth-order valence-corrected chi connectivity index (χ4v) is 1.66. The first-order valence-electron chi connectivity index (χ1n) is 5.75. The van der Waals surface area contributed by atoms with E-state index < -0.39 is 0 Å². The number of halogens is 1. The fraction of sp³-hybridized carbons (Fsp3) is 0.333. The van der Waals surface area contributed by atoms with Crippen LogP contribution in [-0.2, 0) is 0 Å². The Balaban J connectivity index is 0.00000162. The van der Waals surface area contributed by atoms with Gasteiger partial charge in [0, 0.05) is 18.5 Å². The zero-order chi connectivity index (χ0) is 12.1. The fourth-order valence-electron chi connectivity index (χ4n) is 1.66. The second kappa shape index (κ2) is 6.98. The van der Waals surface area contributed by atoms with Gasteiger partial charge < -0.3 is 10.6 Å². The highest BCUT2D eigenvalue weighted by Crippen LogP contribution is 2.14. The van der Waals surface area contributed by atoms with Crippen molar-refractivity contribution < 1.29 is 4.79 Å². The number of aromatic amines is 1. The molecule has 0 bridgehead atoms. The number of hydrogen-bond donors (Lipinski definition) is 3. The molecule has 18 heavy (non-hydrogen) atoms. The maximum atomic E-state index is 11.9. The van der Waals surface area contributed by atoms with E-state index in [-0.39, 0.29) is 18.3 Å². The molecule has 0 saturated heterocycles. The lowest BCUT2D eigenvalue weighted by atomic mass is 10.2. The van der Waals surface area contributed by atoms with Crippen LogP contribution in [0.5, 0.6) is 0 Å². The molecule has 0 aliphatic heterocycles. The first-order valence-corrected chi connectivity index (χ1v) is 5.75. The molecule has 1 amide bonds. The third-order valence-electron chi connectivity index (χ3n) is 2.52. The molecule has 0 radical (unpaired) electrons. The number of carbonyl (C=O) groups is 1. The Morgan fingerprint density at radius 3 is 2.89 bits per heavy atom. The van der Waals surface area contributed by atoms with Gasteiger partial charge >= 0.3 is 0 Å². The predicted octanol–water partition coefficient (Wildman–Crippen LogP) is 1.32. The molecule has 1 aromatic heterocycles. The maximum absolute atomic E-state index is 11.9. The summed E-state index contributed by atoms with van der Waals surface area (Å²) in [6, 6.07) is 7.59. The molecule has 0 aliphatic rings. The van der Waals surface area contributed by atoms with Crippen molar-refractivity contribution in [3.05, 3.63) is 30.0 Å². The van der Waals surface area contributed by atoms with Crippen molar-refractivity contribution in [1.29, 1.82) is 0 Å². The van der Waals surface area contributed by atoms with Gasteiger partial charge in [0.1, 0.15) is 0 Å². The molecule has 5 nitrogen and oxygen atoms in total. The summed E-state index contributed by atoms with van der Waals surface area (Å²) < 4.78 is 0. The monoisotopic (exact) mass is 268 g/mol. The number of fused-ring (bicyclic) bond motifs is 1. The highest BCUT2D eigenvalue weighted by molar-refractivity contribution is 6.04. The topological polar surface area (TPSA) is 69.8 Å². The third-order valence-corrected chi connectivity index (χ3v) is 2.52. The van der Waals surface area contributed by atoms with Crippen LogP contribution in [0.15, 0.2) is 24.3 Å². The minimum Gasteiger partial charge on any atom is -0.349 e. The predicted molar refractivity (Wildman–Crippen MR) is 74.2 cm³/mol. The summed E-state index contributed by atoms with van der Waals surface area (Å²) in [7, 11) is 0. The average Bonchev–Trinajstić information content (AvgIpc) is 2.78. The molecule has 2 aromatic rings. The van der Waals surface area contributed by atoms with E-state index in [1.165, 1.54) is 0 Å². The van der Waals surface area contributed by atoms with E-state index in [0.717, 1.165) is 24.0 Å². The minimum atomic E-state index is -0.139. The van der Waals surface area contributed by atoms with Gasteiger partial charge in [-0.2, -0.15) is 5.10 Å². The highest BCUT2D eigenvalue weighted by atomic mass is 35.5. The summed E-state index contributed by atoms with van der Waals surface area (Å²) in [6.07, 6.45) is 0. The summed E-state index contributed by atoms with van der Waals surface area (Å²) >= 11 is 0. The summed E-state index contributed by atoms with van der Waals surface area (Å²) in [4.78, 5) is 11.9. The standard InChI is InChI=1S/C12H16N4O.ClH/c1-2-13-7-8-14-12(17)11-9-5-3-4-6-10(9)15-16-11;/h3-6,13H,2,7-8H2,1H3,(H,14,17)(H,15,16);1H. The molecule has 1 heterocycles. The van der Waals surface area contributed by atoms with Crippen molar-refractivity contribution in [2.24, 2.45) is 0 Å². The van der Waals surface area contributed by atoms with Gasteiger partial charge in [-0.25, -0.2) is 0 Å². The smallest absolute Gasteiger partial charge is 0.272 e. The van der Waals surface area contributed by atoms with Gasteiger partial charge in [-0.3, -0.25) is 9.89 Å². The van der Waals surface area contributed by atoms with E-state index in [1.807, 2.05) is 31.2 Å². The summed E-state index contributed by atoms with van der Waals surface area (Å²) in [5, 5.41) is 13.7. The van der Waals surface area contributed by atoms with E-state index in [0.29, 0.717) is 12.2 Å². The lowest BCUT2D eigenvalue weighted by molar-refractivity contribution is 0.0950. The second-order valence-corrected chi connectivity index (χ2v) is 3.73. The Labute approximate surface area is 112 Å². The van der Waals surface area contributed by atoms with E-state index in [2.05, 4.69) is 20.8 Å². The van der Waals surface area contributed by atoms with Gasteiger partial charge in [-0.15, -0.1) is 12.4 Å². The molecule has 0 spiro atoms. The molecule has 6 heteroatoms. The van der Waals surface area contributed by atoms with Gasteiger partial charge in [0.15, 0.2) is 5.69 Å². The number of para-hydroxylation sites is 1. The molecule has 2 rings (SSSR count).